The third-order valence-corrected chi connectivity index (χ3v) is 4.91. The van der Waals surface area contributed by atoms with Crippen LogP contribution in [0.25, 0.3) is 5.69 Å². The normalized spacial score (nSPS) is 16.0. The van der Waals surface area contributed by atoms with Crippen LogP contribution in [0.4, 0.5) is 5.69 Å². The lowest BCUT2D eigenvalue weighted by Gasteiger charge is -2.17. The number of aromatic nitrogens is 4. The lowest BCUT2D eigenvalue weighted by atomic mass is 10.1. The summed E-state index contributed by atoms with van der Waals surface area (Å²) < 4.78 is 7.01. The van der Waals surface area contributed by atoms with Crippen molar-refractivity contribution in [3.8, 4) is 11.4 Å². The Morgan fingerprint density at radius 2 is 1.90 bits per heavy atom. The highest BCUT2D eigenvalue weighted by Crippen LogP contribution is 2.27. The summed E-state index contributed by atoms with van der Waals surface area (Å²) in [5.74, 6) is 0.568. The molecular weight excluding hydrogens is 384 g/mol. The molecule has 1 atom stereocenters. The van der Waals surface area contributed by atoms with Crippen LogP contribution >= 0.6 is 0 Å². The third kappa shape index (κ3) is 4.14. The Balaban J connectivity index is 1.37. The van der Waals surface area contributed by atoms with E-state index in [0.717, 1.165) is 17.1 Å². The minimum Gasteiger partial charge on any atom is -0.494 e. The zero-order valence-electron chi connectivity index (χ0n) is 16.6. The summed E-state index contributed by atoms with van der Waals surface area (Å²) in [6.45, 7) is 3.01. The predicted molar refractivity (Wildman–Crippen MR) is 109 cm³/mol. The Hall–Kier alpha value is -3.75. The molecule has 1 aromatic heterocycles. The van der Waals surface area contributed by atoms with E-state index < -0.39 is 5.92 Å². The minimum atomic E-state index is -0.426. The first-order chi connectivity index (χ1) is 14.7. The molecular formula is C21H22N6O3. The average molecular weight is 406 g/mol. The van der Waals surface area contributed by atoms with E-state index in [0.29, 0.717) is 19.0 Å². The van der Waals surface area contributed by atoms with Crippen LogP contribution in [0.2, 0.25) is 0 Å². The monoisotopic (exact) mass is 406 g/mol. The number of amides is 2. The quantitative estimate of drug-likeness (QED) is 0.641. The molecule has 4 rings (SSSR count). The van der Waals surface area contributed by atoms with Crippen molar-refractivity contribution < 1.29 is 14.3 Å². The molecule has 0 spiro atoms. The van der Waals surface area contributed by atoms with Crippen LogP contribution in [-0.4, -0.2) is 45.2 Å². The number of carbonyl (C=O) groups is 2. The Morgan fingerprint density at radius 3 is 2.63 bits per heavy atom. The number of carbonyl (C=O) groups excluding carboxylic acids is 2. The maximum atomic E-state index is 12.7. The molecule has 0 saturated carbocycles. The molecule has 2 aromatic carbocycles. The number of nitrogens with one attached hydrogen (secondary N) is 1. The van der Waals surface area contributed by atoms with Crippen LogP contribution in [-0.2, 0) is 16.1 Å². The predicted octanol–water partition coefficient (Wildman–Crippen LogP) is 1.73. The maximum absolute atomic E-state index is 12.7. The molecule has 1 saturated heterocycles. The van der Waals surface area contributed by atoms with E-state index in [2.05, 4.69) is 20.8 Å². The van der Waals surface area contributed by atoms with Gasteiger partial charge in [0, 0.05) is 18.7 Å². The van der Waals surface area contributed by atoms with Crippen LogP contribution in [0, 0.1) is 5.92 Å². The third-order valence-electron chi connectivity index (χ3n) is 4.91. The van der Waals surface area contributed by atoms with Crippen LogP contribution in [0.15, 0.2) is 54.6 Å². The number of hydrogen-bond donors (Lipinski definition) is 1. The molecule has 2 amide bonds. The number of nitrogens with zero attached hydrogens (tertiary/aromatic N) is 5. The number of tetrazole rings is 1. The van der Waals surface area contributed by atoms with Crippen molar-refractivity contribution in [2.75, 3.05) is 18.1 Å². The smallest absolute Gasteiger partial charge is 0.227 e. The minimum absolute atomic E-state index is 0.0755. The fraction of sp³-hybridized carbons (Fsp3) is 0.286. The van der Waals surface area contributed by atoms with Gasteiger partial charge in [0.25, 0.3) is 0 Å². The average Bonchev–Trinajstić information content (AvgIpc) is 3.40. The van der Waals surface area contributed by atoms with E-state index >= 15 is 0 Å². The molecule has 1 unspecified atom stereocenters. The summed E-state index contributed by atoms with van der Waals surface area (Å²) in [4.78, 5) is 26.7. The first kappa shape index (κ1) is 19.6. The summed E-state index contributed by atoms with van der Waals surface area (Å²) in [6.07, 6.45) is 0.169. The molecule has 0 radical (unpaired) electrons. The second-order valence-electron chi connectivity index (χ2n) is 6.89. The zero-order chi connectivity index (χ0) is 20.9. The molecule has 2 heterocycles. The van der Waals surface area contributed by atoms with E-state index in [1.807, 2.05) is 61.5 Å². The summed E-state index contributed by atoms with van der Waals surface area (Å²) in [6, 6.07) is 16.7. The number of ether oxygens (including phenoxy) is 1. The summed E-state index contributed by atoms with van der Waals surface area (Å²) in [7, 11) is 0. The van der Waals surface area contributed by atoms with Gasteiger partial charge in [0.2, 0.25) is 11.8 Å². The molecule has 1 N–H and O–H groups in total. The molecule has 9 heteroatoms. The molecule has 1 fully saturated rings. The van der Waals surface area contributed by atoms with E-state index in [1.165, 1.54) is 0 Å². The van der Waals surface area contributed by atoms with Crippen molar-refractivity contribution in [3.05, 3.63) is 60.4 Å². The molecule has 1 aliphatic heterocycles. The number of para-hydroxylation sites is 1. The fourth-order valence-electron chi connectivity index (χ4n) is 3.42. The van der Waals surface area contributed by atoms with Gasteiger partial charge >= 0.3 is 0 Å². The lowest BCUT2D eigenvalue weighted by Crippen LogP contribution is -2.33. The molecule has 154 valence electrons. The molecule has 30 heavy (non-hydrogen) atoms. The summed E-state index contributed by atoms with van der Waals surface area (Å²) in [5, 5.41) is 14.5. The molecule has 1 aliphatic rings. The van der Waals surface area contributed by atoms with Crippen LogP contribution < -0.4 is 15.0 Å². The standard InChI is InChI=1S/C21H22N6O3/c1-2-30-18-10-8-16(9-11-18)26-14-15(12-20(26)28)21(29)22-13-19-23-24-25-27(19)17-6-4-3-5-7-17/h3-11,15H,2,12-14H2,1H3,(H,22,29). The highest BCUT2D eigenvalue weighted by Gasteiger charge is 2.35. The second kappa shape index (κ2) is 8.73. The largest absolute Gasteiger partial charge is 0.494 e. The lowest BCUT2D eigenvalue weighted by molar-refractivity contribution is -0.126. The van der Waals surface area contributed by atoms with Gasteiger partial charge < -0.3 is 15.0 Å². The number of benzene rings is 2. The van der Waals surface area contributed by atoms with E-state index in [4.69, 9.17) is 4.74 Å². The zero-order valence-corrected chi connectivity index (χ0v) is 16.6. The number of anilines is 1. The fourth-order valence-corrected chi connectivity index (χ4v) is 3.42. The highest BCUT2D eigenvalue weighted by molar-refractivity contribution is 6.00. The van der Waals surface area contributed by atoms with Crippen molar-refractivity contribution in [2.45, 2.75) is 19.9 Å². The van der Waals surface area contributed by atoms with Crippen molar-refractivity contribution in [3.63, 3.8) is 0 Å². The van der Waals surface area contributed by atoms with Gasteiger partial charge in [0.15, 0.2) is 5.82 Å². The second-order valence-corrected chi connectivity index (χ2v) is 6.89. The van der Waals surface area contributed by atoms with Crippen LogP contribution in [0.3, 0.4) is 0 Å². The Morgan fingerprint density at radius 1 is 1.13 bits per heavy atom. The molecule has 3 aromatic rings. The van der Waals surface area contributed by atoms with Gasteiger partial charge in [0.05, 0.1) is 24.8 Å². The maximum Gasteiger partial charge on any atom is 0.227 e. The number of hydrogen-bond acceptors (Lipinski definition) is 6. The van der Waals surface area contributed by atoms with Gasteiger partial charge in [0.1, 0.15) is 5.75 Å². The van der Waals surface area contributed by atoms with Gasteiger partial charge in [-0.2, -0.15) is 4.68 Å². The van der Waals surface area contributed by atoms with Crippen molar-refractivity contribution in [1.29, 1.82) is 0 Å². The SMILES string of the molecule is CCOc1ccc(N2CC(C(=O)NCc3nnnn3-c3ccccc3)CC2=O)cc1. The first-order valence-corrected chi connectivity index (χ1v) is 9.79. The summed E-state index contributed by atoms with van der Waals surface area (Å²) >= 11 is 0. The Bertz CT molecular complexity index is 1020. The van der Waals surface area contributed by atoms with Gasteiger partial charge in [-0.3, -0.25) is 9.59 Å². The Kier molecular flexibility index (Phi) is 5.69. The van der Waals surface area contributed by atoms with E-state index in [1.54, 1.807) is 9.58 Å². The Labute approximate surface area is 173 Å². The first-order valence-electron chi connectivity index (χ1n) is 9.79. The highest BCUT2D eigenvalue weighted by atomic mass is 16.5. The van der Waals surface area contributed by atoms with Crippen LogP contribution in [0.1, 0.15) is 19.2 Å². The van der Waals surface area contributed by atoms with E-state index in [9.17, 15) is 9.59 Å². The number of rotatable bonds is 7. The molecule has 0 bridgehead atoms. The van der Waals surface area contributed by atoms with Gasteiger partial charge in [-0.1, -0.05) is 18.2 Å². The van der Waals surface area contributed by atoms with Crippen molar-refractivity contribution in [2.24, 2.45) is 5.92 Å². The van der Waals surface area contributed by atoms with Gasteiger partial charge in [-0.25, -0.2) is 0 Å². The molecule has 0 aliphatic carbocycles. The molecule has 9 nitrogen and oxygen atoms in total. The van der Waals surface area contributed by atoms with E-state index in [-0.39, 0.29) is 24.8 Å². The summed E-state index contributed by atoms with van der Waals surface area (Å²) in [5.41, 5.74) is 1.57. The van der Waals surface area contributed by atoms with Crippen LogP contribution in [0.5, 0.6) is 5.75 Å². The van der Waals surface area contributed by atoms with Gasteiger partial charge in [-0.15, -0.1) is 5.10 Å². The topological polar surface area (TPSA) is 102 Å². The van der Waals surface area contributed by atoms with Crippen molar-refractivity contribution >= 4 is 17.5 Å². The van der Waals surface area contributed by atoms with Gasteiger partial charge in [-0.05, 0) is 53.7 Å². The van der Waals surface area contributed by atoms with Crippen molar-refractivity contribution in [1.82, 2.24) is 25.5 Å².